The number of amides is 2. The lowest BCUT2D eigenvalue weighted by Gasteiger charge is -2.04. The van der Waals surface area contributed by atoms with Crippen molar-refractivity contribution in [3.8, 4) is 11.3 Å². The third kappa shape index (κ3) is 3.95. The molecule has 0 aromatic carbocycles. The molecule has 3 heterocycles. The Balaban J connectivity index is 1.55. The number of rotatable bonds is 5. The van der Waals surface area contributed by atoms with Crippen molar-refractivity contribution in [2.45, 2.75) is 13.1 Å². The van der Waals surface area contributed by atoms with Gasteiger partial charge in [0.05, 0.1) is 24.5 Å². The minimum absolute atomic E-state index is 0.200. The summed E-state index contributed by atoms with van der Waals surface area (Å²) in [6, 6.07) is 9.59. The van der Waals surface area contributed by atoms with Gasteiger partial charge in [0, 0.05) is 29.9 Å². The summed E-state index contributed by atoms with van der Waals surface area (Å²) in [4.78, 5) is 17.0. The Morgan fingerprint density at radius 2 is 2.00 bits per heavy atom. The first-order chi connectivity index (χ1) is 11.2. The molecule has 0 fully saturated rings. The standard InChI is InChI=1S/C16H17N5OS/c1-21-15(12-4-6-17-7-5-12)9-13(20-21)10-18-16(22)19-11-14-3-2-8-23-14/h2-9H,10-11H2,1H3,(H2,18,19,22). The van der Waals surface area contributed by atoms with Crippen molar-refractivity contribution >= 4 is 17.4 Å². The molecule has 0 atom stereocenters. The molecular weight excluding hydrogens is 310 g/mol. The summed E-state index contributed by atoms with van der Waals surface area (Å²) in [5.74, 6) is 0. The Morgan fingerprint density at radius 1 is 1.22 bits per heavy atom. The van der Waals surface area contributed by atoms with Crippen LogP contribution in [-0.2, 0) is 20.1 Å². The van der Waals surface area contributed by atoms with E-state index in [1.54, 1.807) is 28.4 Å². The van der Waals surface area contributed by atoms with Crippen molar-refractivity contribution < 1.29 is 4.79 Å². The fourth-order valence-electron chi connectivity index (χ4n) is 2.22. The molecule has 3 aromatic heterocycles. The Hall–Kier alpha value is -2.67. The van der Waals surface area contributed by atoms with Crippen LogP contribution in [0.15, 0.2) is 48.1 Å². The minimum atomic E-state index is -0.200. The van der Waals surface area contributed by atoms with E-state index in [0.29, 0.717) is 13.1 Å². The van der Waals surface area contributed by atoms with E-state index in [4.69, 9.17) is 0 Å². The lowest BCUT2D eigenvalue weighted by atomic mass is 10.2. The lowest BCUT2D eigenvalue weighted by Crippen LogP contribution is -2.34. The molecule has 23 heavy (non-hydrogen) atoms. The second kappa shape index (κ2) is 7.06. The molecule has 0 bridgehead atoms. The second-order valence-electron chi connectivity index (χ2n) is 5.00. The summed E-state index contributed by atoms with van der Waals surface area (Å²) in [6.45, 7) is 0.920. The van der Waals surface area contributed by atoms with Gasteiger partial charge in [-0.15, -0.1) is 11.3 Å². The molecule has 0 aliphatic heterocycles. The summed E-state index contributed by atoms with van der Waals surface area (Å²) < 4.78 is 1.80. The van der Waals surface area contributed by atoms with Crippen LogP contribution >= 0.6 is 11.3 Å². The van der Waals surface area contributed by atoms with Crippen LogP contribution in [0, 0.1) is 0 Å². The molecule has 0 aliphatic carbocycles. The summed E-state index contributed by atoms with van der Waals surface area (Å²) >= 11 is 1.62. The van der Waals surface area contributed by atoms with E-state index in [-0.39, 0.29) is 6.03 Å². The zero-order valence-electron chi connectivity index (χ0n) is 12.7. The molecule has 0 saturated heterocycles. The fourth-order valence-corrected chi connectivity index (χ4v) is 2.86. The van der Waals surface area contributed by atoms with Crippen LogP contribution in [0.25, 0.3) is 11.3 Å². The predicted octanol–water partition coefficient (Wildman–Crippen LogP) is 2.54. The van der Waals surface area contributed by atoms with Crippen molar-refractivity contribution in [2.24, 2.45) is 7.05 Å². The first-order valence-electron chi connectivity index (χ1n) is 7.20. The number of aryl methyl sites for hydroxylation is 1. The number of carbonyl (C=O) groups excluding carboxylic acids is 1. The van der Waals surface area contributed by atoms with Crippen molar-refractivity contribution in [3.05, 3.63) is 58.7 Å². The van der Waals surface area contributed by atoms with Crippen LogP contribution in [0.2, 0.25) is 0 Å². The smallest absolute Gasteiger partial charge is 0.315 e. The molecule has 3 aromatic rings. The SMILES string of the molecule is Cn1nc(CNC(=O)NCc2cccs2)cc1-c1ccncc1. The number of nitrogens with zero attached hydrogens (tertiary/aromatic N) is 3. The summed E-state index contributed by atoms with van der Waals surface area (Å²) in [7, 11) is 1.89. The van der Waals surface area contributed by atoms with Gasteiger partial charge in [0.25, 0.3) is 0 Å². The van der Waals surface area contributed by atoms with Gasteiger partial charge in [-0.05, 0) is 29.6 Å². The molecule has 7 heteroatoms. The number of pyridine rings is 1. The van der Waals surface area contributed by atoms with E-state index in [1.807, 2.05) is 42.8 Å². The fraction of sp³-hybridized carbons (Fsp3) is 0.188. The number of carbonyl (C=O) groups is 1. The molecule has 3 rings (SSSR count). The molecule has 0 radical (unpaired) electrons. The van der Waals surface area contributed by atoms with Gasteiger partial charge in [-0.2, -0.15) is 5.10 Å². The van der Waals surface area contributed by atoms with E-state index in [0.717, 1.165) is 21.8 Å². The molecule has 2 N–H and O–H groups in total. The maximum atomic E-state index is 11.8. The number of hydrogen-bond donors (Lipinski definition) is 2. The third-order valence-corrected chi connectivity index (χ3v) is 4.22. The zero-order valence-corrected chi connectivity index (χ0v) is 13.5. The van der Waals surface area contributed by atoms with Gasteiger partial charge >= 0.3 is 6.03 Å². The van der Waals surface area contributed by atoms with Gasteiger partial charge in [-0.3, -0.25) is 9.67 Å². The maximum Gasteiger partial charge on any atom is 0.315 e. The first-order valence-corrected chi connectivity index (χ1v) is 8.08. The molecule has 0 saturated carbocycles. The predicted molar refractivity (Wildman–Crippen MR) is 89.8 cm³/mol. The van der Waals surface area contributed by atoms with Crippen molar-refractivity contribution in [1.82, 2.24) is 25.4 Å². The molecule has 0 unspecified atom stereocenters. The Labute approximate surface area is 138 Å². The molecule has 118 valence electrons. The van der Waals surface area contributed by atoms with Crippen LogP contribution in [0.5, 0.6) is 0 Å². The number of aromatic nitrogens is 3. The van der Waals surface area contributed by atoms with Crippen LogP contribution < -0.4 is 10.6 Å². The summed E-state index contributed by atoms with van der Waals surface area (Å²) in [6.07, 6.45) is 3.50. The van der Waals surface area contributed by atoms with E-state index in [2.05, 4.69) is 20.7 Å². The topological polar surface area (TPSA) is 71.8 Å². The third-order valence-electron chi connectivity index (χ3n) is 3.34. The Bertz CT molecular complexity index is 767. The number of hydrogen-bond acceptors (Lipinski definition) is 4. The van der Waals surface area contributed by atoms with Crippen LogP contribution in [0.3, 0.4) is 0 Å². The molecular formula is C16H17N5OS. The van der Waals surface area contributed by atoms with Crippen molar-refractivity contribution in [1.29, 1.82) is 0 Å². The first kappa shape index (κ1) is 15.2. The van der Waals surface area contributed by atoms with Crippen LogP contribution in [0.4, 0.5) is 4.79 Å². The highest BCUT2D eigenvalue weighted by molar-refractivity contribution is 7.09. The average Bonchev–Trinajstić information content (AvgIpc) is 3.21. The highest BCUT2D eigenvalue weighted by Crippen LogP contribution is 2.18. The quantitative estimate of drug-likeness (QED) is 0.756. The highest BCUT2D eigenvalue weighted by atomic mass is 32.1. The van der Waals surface area contributed by atoms with E-state index < -0.39 is 0 Å². The highest BCUT2D eigenvalue weighted by Gasteiger charge is 2.08. The molecule has 0 aliphatic rings. The van der Waals surface area contributed by atoms with Gasteiger partial charge in [-0.25, -0.2) is 4.79 Å². The Kier molecular flexibility index (Phi) is 4.68. The molecule has 6 nitrogen and oxygen atoms in total. The van der Waals surface area contributed by atoms with E-state index >= 15 is 0 Å². The average molecular weight is 327 g/mol. The van der Waals surface area contributed by atoms with Gasteiger partial charge in [0.2, 0.25) is 0 Å². The summed E-state index contributed by atoms with van der Waals surface area (Å²) in [5, 5.41) is 12.1. The van der Waals surface area contributed by atoms with E-state index in [9.17, 15) is 4.79 Å². The molecule has 0 spiro atoms. The zero-order chi connectivity index (χ0) is 16.1. The molecule has 2 amide bonds. The van der Waals surface area contributed by atoms with Gasteiger partial charge in [0.15, 0.2) is 0 Å². The lowest BCUT2D eigenvalue weighted by molar-refractivity contribution is 0.240. The van der Waals surface area contributed by atoms with Crippen molar-refractivity contribution in [2.75, 3.05) is 0 Å². The second-order valence-corrected chi connectivity index (χ2v) is 6.03. The van der Waals surface area contributed by atoms with Gasteiger partial charge in [-0.1, -0.05) is 6.07 Å². The van der Waals surface area contributed by atoms with E-state index in [1.165, 1.54) is 0 Å². The van der Waals surface area contributed by atoms with Crippen molar-refractivity contribution in [3.63, 3.8) is 0 Å². The monoisotopic (exact) mass is 327 g/mol. The van der Waals surface area contributed by atoms with Gasteiger partial charge in [0.1, 0.15) is 0 Å². The largest absolute Gasteiger partial charge is 0.333 e. The normalized spacial score (nSPS) is 10.5. The summed E-state index contributed by atoms with van der Waals surface area (Å²) in [5.41, 5.74) is 2.84. The minimum Gasteiger partial charge on any atom is -0.333 e. The van der Waals surface area contributed by atoms with Crippen LogP contribution in [-0.4, -0.2) is 20.8 Å². The number of thiophene rings is 1. The Morgan fingerprint density at radius 3 is 2.74 bits per heavy atom. The maximum absolute atomic E-state index is 11.8. The van der Waals surface area contributed by atoms with Gasteiger partial charge < -0.3 is 10.6 Å². The van der Waals surface area contributed by atoms with Crippen LogP contribution in [0.1, 0.15) is 10.6 Å². The number of urea groups is 1. The number of nitrogens with one attached hydrogen (secondary N) is 2.